The lowest BCUT2D eigenvalue weighted by Crippen LogP contribution is -2.15. The van der Waals surface area contributed by atoms with Crippen LogP contribution in [0, 0.1) is 0 Å². The van der Waals surface area contributed by atoms with Crippen molar-refractivity contribution < 1.29 is 8.85 Å². The van der Waals surface area contributed by atoms with Gasteiger partial charge in [0.25, 0.3) is 5.56 Å². The molecule has 7 heteroatoms. The Balaban J connectivity index is 2.42. The van der Waals surface area contributed by atoms with Crippen LogP contribution >= 0.6 is 23.2 Å². The third-order valence-electron chi connectivity index (χ3n) is 2.50. The number of nitrogens with two attached hydrogens (primary N) is 1. The molecule has 106 valence electrons. The molecule has 0 aliphatic carbocycles. The van der Waals surface area contributed by atoms with Crippen LogP contribution in [0.4, 0.5) is 5.69 Å². The highest BCUT2D eigenvalue weighted by Crippen LogP contribution is 2.37. The second kappa shape index (κ2) is 5.73. The van der Waals surface area contributed by atoms with Crippen LogP contribution in [0.15, 0.2) is 23.0 Å². The molecule has 0 fully saturated rings. The predicted octanol–water partition coefficient (Wildman–Crippen LogP) is 3.57. The van der Waals surface area contributed by atoms with E-state index in [2.05, 4.69) is 10.2 Å². The van der Waals surface area contributed by atoms with Crippen molar-refractivity contribution in [3.8, 4) is 11.6 Å². The van der Waals surface area contributed by atoms with Crippen molar-refractivity contribution in [1.29, 1.82) is 0 Å². The molecular weight excluding hydrogens is 301 g/mol. The number of aromatic amines is 1. The minimum atomic E-state index is -2.33. The highest BCUT2D eigenvalue weighted by Gasteiger charge is 2.13. The van der Waals surface area contributed by atoms with Crippen molar-refractivity contribution in [2.75, 3.05) is 5.73 Å². The minimum Gasteiger partial charge on any atom is -0.434 e. The molecule has 0 aliphatic heterocycles. The van der Waals surface area contributed by atoms with E-state index < -0.39 is 18.3 Å². The molecule has 20 heavy (non-hydrogen) atoms. The summed E-state index contributed by atoms with van der Waals surface area (Å²) in [6.45, 7) is -0.910. The lowest BCUT2D eigenvalue weighted by molar-refractivity contribution is 0.452. The molecule has 1 aromatic carbocycles. The number of hydrogen-bond acceptors (Lipinski definition) is 4. The second-order valence-corrected chi connectivity index (χ2v) is 4.94. The quantitative estimate of drug-likeness (QED) is 0.848. The van der Waals surface area contributed by atoms with Gasteiger partial charge in [-0.2, -0.15) is 0 Å². The Labute approximate surface area is 129 Å². The average Bonchev–Trinajstić information content (AvgIpc) is 2.42. The summed E-state index contributed by atoms with van der Waals surface area (Å²) in [7, 11) is 0. The molecule has 0 saturated carbocycles. The van der Waals surface area contributed by atoms with Crippen LogP contribution in [-0.4, -0.2) is 10.2 Å². The van der Waals surface area contributed by atoms with E-state index >= 15 is 0 Å². The molecule has 0 spiro atoms. The largest absolute Gasteiger partial charge is 0.434 e. The van der Waals surface area contributed by atoms with Crippen molar-refractivity contribution in [1.82, 2.24) is 10.2 Å². The Hall–Kier alpha value is -1.72. The fourth-order valence-corrected chi connectivity index (χ4v) is 2.14. The van der Waals surface area contributed by atoms with E-state index in [0.717, 1.165) is 0 Å². The summed E-state index contributed by atoms with van der Waals surface area (Å²) in [5, 5.41) is 6.23. The maximum atomic E-state index is 11.8. The highest BCUT2D eigenvalue weighted by molar-refractivity contribution is 6.37. The standard InChI is InChI=1S/C13H13Cl2N3O2/c1-6(2)8-5-11(17-18-13(8)19)20-12-9(14)3-7(16)4-10(12)15/h3-6H,16H2,1-2H3,(H,18,19)/i1D3. The summed E-state index contributed by atoms with van der Waals surface area (Å²) in [4.78, 5) is 11.8. The summed E-state index contributed by atoms with van der Waals surface area (Å²) in [5.41, 5.74) is 5.39. The molecule has 0 radical (unpaired) electrons. The first kappa shape index (κ1) is 11.0. The van der Waals surface area contributed by atoms with Gasteiger partial charge in [0.1, 0.15) is 0 Å². The summed E-state index contributed by atoms with van der Waals surface area (Å²) < 4.78 is 27.7. The van der Waals surface area contributed by atoms with E-state index in [4.69, 9.17) is 37.8 Å². The van der Waals surface area contributed by atoms with Gasteiger partial charge in [0.05, 0.1) is 10.0 Å². The van der Waals surface area contributed by atoms with Crippen LogP contribution in [0.1, 0.15) is 29.4 Å². The number of halogens is 2. The zero-order valence-electron chi connectivity index (χ0n) is 13.4. The normalized spacial score (nSPS) is 15.1. The monoisotopic (exact) mass is 316 g/mol. The Morgan fingerprint density at radius 3 is 2.65 bits per heavy atom. The predicted molar refractivity (Wildman–Crippen MR) is 79.9 cm³/mol. The van der Waals surface area contributed by atoms with Crippen molar-refractivity contribution >= 4 is 28.9 Å². The number of rotatable bonds is 3. The molecule has 0 aliphatic rings. The zero-order valence-corrected chi connectivity index (χ0v) is 11.9. The first-order valence-electron chi connectivity index (χ1n) is 7.11. The summed E-state index contributed by atoms with van der Waals surface area (Å²) in [6, 6.07) is 4.14. The van der Waals surface area contributed by atoms with Gasteiger partial charge in [-0.3, -0.25) is 4.79 Å². The molecule has 1 atom stereocenters. The Morgan fingerprint density at radius 1 is 1.40 bits per heavy atom. The van der Waals surface area contributed by atoms with Crippen LogP contribution in [0.5, 0.6) is 11.6 Å². The van der Waals surface area contributed by atoms with Gasteiger partial charge in [-0.1, -0.05) is 37.0 Å². The van der Waals surface area contributed by atoms with Crippen molar-refractivity contribution in [2.24, 2.45) is 0 Å². The molecular formula is C13H13Cl2N3O2. The number of nitrogen functional groups attached to an aromatic ring is 1. The average molecular weight is 317 g/mol. The molecule has 5 nitrogen and oxygen atoms in total. The third-order valence-corrected chi connectivity index (χ3v) is 3.06. The number of H-pyrrole nitrogens is 1. The second-order valence-electron chi connectivity index (χ2n) is 4.13. The van der Waals surface area contributed by atoms with Crippen LogP contribution < -0.4 is 16.0 Å². The molecule has 0 bridgehead atoms. The van der Waals surface area contributed by atoms with Gasteiger partial charge in [-0.15, -0.1) is 5.10 Å². The van der Waals surface area contributed by atoms with E-state index in [9.17, 15) is 4.79 Å². The van der Waals surface area contributed by atoms with Gasteiger partial charge in [-0.25, -0.2) is 5.10 Å². The number of anilines is 1. The first-order valence-corrected chi connectivity index (χ1v) is 6.37. The number of nitrogens with one attached hydrogen (secondary N) is 1. The van der Waals surface area contributed by atoms with E-state index in [1.807, 2.05) is 0 Å². The fraction of sp³-hybridized carbons (Fsp3) is 0.231. The molecule has 1 aromatic heterocycles. The van der Waals surface area contributed by atoms with Gasteiger partial charge >= 0.3 is 0 Å². The Morgan fingerprint density at radius 2 is 2.05 bits per heavy atom. The smallest absolute Gasteiger partial charge is 0.267 e. The molecule has 0 saturated heterocycles. The zero-order chi connectivity index (χ0) is 17.4. The fourth-order valence-electron chi connectivity index (χ4n) is 1.56. The van der Waals surface area contributed by atoms with Gasteiger partial charge in [0.2, 0.25) is 5.88 Å². The van der Waals surface area contributed by atoms with E-state index in [-0.39, 0.29) is 27.2 Å². The molecule has 1 unspecified atom stereocenters. The van der Waals surface area contributed by atoms with Crippen molar-refractivity contribution in [3.05, 3.63) is 44.2 Å². The van der Waals surface area contributed by atoms with E-state index in [1.165, 1.54) is 25.1 Å². The highest BCUT2D eigenvalue weighted by atomic mass is 35.5. The molecule has 3 N–H and O–H groups in total. The van der Waals surface area contributed by atoms with Gasteiger partial charge in [0, 0.05) is 21.4 Å². The molecule has 2 rings (SSSR count). The Bertz CT molecular complexity index is 770. The van der Waals surface area contributed by atoms with Gasteiger partial charge in [0.15, 0.2) is 5.75 Å². The van der Waals surface area contributed by atoms with Crippen LogP contribution in [-0.2, 0) is 0 Å². The minimum absolute atomic E-state index is 0.0256. The number of hydrogen-bond donors (Lipinski definition) is 2. The number of benzene rings is 1. The molecule has 2 aromatic rings. The van der Waals surface area contributed by atoms with E-state index in [0.29, 0.717) is 5.69 Å². The maximum Gasteiger partial charge on any atom is 0.267 e. The first-order chi connectivity index (χ1) is 10.6. The Kier molecular flexibility index (Phi) is 3.15. The maximum absolute atomic E-state index is 11.8. The van der Waals surface area contributed by atoms with Crippen LogP contribution in [0.25, 0.3) is 0 Å². The van der Waals surface area contributed by atoms with Crippen molar-refractivity contribution in [3.63, 3.8) is 0 Å². The lowest BCUT2D eigenvalue weighted by atomic mass is 10.1. The topological polar surface area (TPSA) is 81.0 Å². The summed E-state index contributed by atoms with van der Waals surface area (Å²) >= 11 is 12.0. The molecule has 1 heterocycles. The third kappa shape index (κ3) is 3.05. The van der Waals surface area contributed by atoms with E-state index in [1.54, 1.807) is 0 Å². The number of nitrogens with zero attached hydrogens (tertiary/aromatic N) is 1. The van der Waals surface area contributed by atoms with Crippen LogP contribution in [0.3, 0.4) is 0 Å². The summed E-state index contributed by atoms with van der Waals surface area (Å²) in [5.74, 6) is -0.923. The van der Waals surface area contributed by atoms with Gasteiger partial charge in [-0.05, 0) is 18.1 Å². The number of aromatic nitrogens is 2. The summed E-state index contributed by atoms with van der Waals surface area (Å²) in [6.07, 6.45) is 0. The lowest BCUT2D eigenvalue weighted by Gasteiger charge is -2.10. The SMILES string of the molecule is [2H]C([2H])([2H])C(C)c1cc(Oc2c(Cl)cc(N)cc2Cl)n[nH]c1=O. The van der Waals surface area contributed by atoms with Crippen LogP contribution in [0.2, 0.25) is 10.0 Å². The van der Waals surface area contributed by atoms with Gasteiger partial charge < -0.3 is 10.5 Å². The number of ether oxygens (including phenoxy) is 1. The molecule has 0 amide bonds. The van der Waals surface area contributed by atoms with Crippen molar-refractivity contribution in [2.45, 2.75) is 19.7 Å².